The van der Waals surface area contributed by atoms with Crippen LogP contribution < -0.4 is 0 Å². The van der Waals surface area contributed by atoms with E-state index < -0.39 is 6.10 Å². The number of aromatic nitrogens is 2. The molecule has 2 aromatic rings. The van der Waals surface area contributed by atoms with E-state index in [2.05, 4.69) is 9.97 Å². The fourth-order valence-corrected chi connectivity index (χ4v) is 1.59. The van der Waals surface area contributed by atoms with Gasteiger partial charge in [-0.3, -0.25) is 0 Å². The van der Waals surface area contributed by atoms with Gasteiger partial charge in [0, 0.05) is 5.56 Å². The Morgan fingerprint density at radius 1 is 1.19 bits per heavy atom. The van der Waals surface area contributed by atoms with E-state index in [9.17, 15) is 5.11 Å². The van der Waals surface area contributed by atoms with E-state index in [-0.39, 0.29) is 5.92 Å². The molecule has 0 aliphatic carbocycles. The number of hydrogen-bond donors (Lipinski definition) is 2. The highest BCUT2D eigenvalue weighted by molar-refractivity contribution is 5.54. The van der Waals surface area contributed by atoms with Gasteiger partial charge in [-0.05, 0) is 5.92 Å². The summed E-state index contributed by atoms with van der Waals surface area (Å²) in [6.45, 7) is 3.96. The Kier molecular flexibility index (Phi) is 3.06. The molecule has 2 rings (SSSR count). The normalized spacial score (nSPS) is 13.0. The van der Waals surface area contributed by atoms with Crippen LogP contribution >= 0.6 is 0 Å². The fraction of sp³-hybridized carbons (Fsp3) is 0.308. The predicted molar refractivity (Wildman–Crippen MR) is 63.8 cm³/mol. The summed E-state index contributed by atoms with van der Waals surface area (Å²) >= 11 is 0. The zero-order valence-electron chi connectivity index (χ0n) is 9.51. The Bertz CT molecular complexity index is 448. The first-order valence-corrected chi connectivity index (χ1v) is 5.47. The number of nitrogens with zero attached hydrogens (tertiary/aromatic N) is 1. The highest BCUT2D eigenvalue weighted by Crippen LogP contribution is 2.22. The third-order valence-corrected chi connectivity index (χ3v) is 2.59. The van der Waals surface area contributed by atoms with Crippen molar-refractivity contribution in [1.29, 1.82) is 0 Å². The molecule has 0 bridgehead atoms. The molecule has 0 saturated carbocycles. The van der Waals surface area contributed by atoms with Crippen LogP contribution in [0.25, 0.3) is 11.4 Å². The number of aliphatic hydroxyl groups is 1. The second-order valence-corrected chi connectivity index (χ2v) is 4.24. The molecule has 0 unspecified atom stereocenters. The highest BCUT2D eigenvalue weighted by atomic mass is 16.3. The standard InChI is InChI=1S/C13H16N2O/c1-9(2)12(16)11-8-14-13(15-11)10-6-4-3-5-7-10/h3-9,12,16H,1-2H3,(H,14,15)/t12-/m1/s1. The fourth-order valence-electron chi connectivity index (χ4n) is 1.59. The van der Waals surface area contributed by atoms with E-state index in [0.29, 0.717) is 0 Å². The van der Waals surface area contributed by atoms with Crippen LogP contribution in [-0.4, -0.2) is 15.1 Å². The number of nitrogens with one attached hydrogen (secondary N) is 1. The minimum Gasteiger partial charge on any atom is -0.387 e. The number of H-pyrrole nitrogens is 1. The zero-order chi connectivity index (χ0) is 11.5. The van der Waals surface area contributed by atoms with E-state index in [4.69, 9.17) is 0 Å². The molecule has 0 aliphatic rings. The molecule has 3 nitrogen and oxygen atoms in total. The summed E-state index contributed by atoms with van der Waals surface area (Å²) in [6.07, 6.45) is 1.22. The molecular formula is C13H16N2O. The van der Waals surface area contributed by atoms with Crippen LogP contribution in [0.15, 0.2) is 36.5 Å². The summed E-state index contributed by atoms with van der Waals surface area (Å²) < 4.78 is 0. The summed E-state index contributed by atoms with van der Waals surface area (Å²) in [7, 11) is 0. The number of imidazole rings is 1. The summed E-state index contributed by atoms with van der Waals surface area (Å²) in [5.74, 6) is 0.986. The van der Waals surface area contributed by atoms with Gasteiger partial charge in [-0.1, -0.05) is 44.2 Å². The molecule has 1 atom stereocenters. The molecular weight excluding hydrogens is 200 g/mol. The minimum atomic E-state index is -0.482. The van der Waals surface area contributed by atoms with Crippen LogP contribution in [0.5, 0.6) is 0 Å². The van der Waals surface area contributed by atoms with Gasteiger partial charge in [0.1, 0.15) is 5.82 Å². The molecule has 3 heteroatoms. The smallest absolute Gasteiger partial charge is 0.137 e. The highest BCUT2D eigenvalue weighted by Gasteiger charge is 2.14. The first-order valence-electron chi connectivity index (χ1n) is 5.47. The molecule has 1 aromatic carbocycles. The van der Waals surface area contributed by atoms with Crippen molar-refractivity contribution in [1.82, 2.24) is 9.97 Å². The van der Waals surface area contributed by atoms with Crippen LogP contribution in [0.2, 0.25) is 0 Å². The summed E-state index contributed by atoms with van der Waals surface area (Å²) in [5, 5.41) is 9.89. The van der Waals surface area contributed by atoms with Crippen molar-refractivity contribution >= 4 is 0 Å². The third-order valence-electron chi connectivity index (χ3n) is 2.59. The second kappa shape index (κ2) is 4.49. The largest absolute Gasteiger partial charge is 0.387 e. The number of hydrogen-bond acceptors (Lipinski definition) is 2. The van der Waals surface area contributed by atoms with E-state index >= 15 is 0 Å². The molecule has 0 spiro atoms. The number of benzene rings is 1. The van der Waals surface area contributed by atoms with Crippen molar-refractivity contribution in [2.24, 2.45) is 5.92 Å². The Morgan fingerprint density at radius 2 is 1.88 bits per heavy atom. The Balaban J connectivity index is 2.27. The predicted octanol–water partition coefficient (Wildman–Crippen LogP) is 2.77. The first-order chi connectivity index (χ1) is 7.68. The van der Waals surface area contributed by atoms with Crippen LogP contribution in [0.3, 0.4) is 0 Å². The quantitative estimate of drug-likeness (QED) is 0.828. The van der Waals surface area contributed by atoms with E-state index in [1.807, 2.05) is 44.2 Å². The topological polar surface area (TPSA) is 48.9 Å². The van der Waals surface area contributed by atoms with Crippen LogP contribution in [0.4, 0.5) is 0 Å². The van der Waals surface area contributed by atoms with Crippen molar-refractivity contribution in [3.05, 3.63) is 42.2 Å². The van der Waals surface area contributed by atoms with Crippen molar-refractivity contribution in [3.8, 4) is 11.4 Å². The number of aromatic amines is 1. The lowest BCUT2D eigenvalue weighted by molar-refractivity contribution is 0.123. The SMILES string of the molecule is CC(C)[C@@H](O)c1cnc(-c2ccccc2)[nH]1. The first kappa shape index (κ1) is 10.9. The van der Waals surface area contributed by atoms with Gasteiger partial charge in [0.25, 0.3) is 0 Å². The van der Waals surface area contributed by atoms with Gasteiger partial charge in [-0.2, -0.15) is 0 Å². The summed E-state index contributed by atoms with van der Waals surface area (Å²) in [4.78, 5) is 7.42. The van der Waals surface area contributed by atoms with Crippen molar-refractivity contribution < 1.29 is 5.11 Å². The Labute approximate surface area is 95.2 Å². The van der Waals surface area contributed by atoms with Crippen molar-refractivity contribution in [2.45, 2.75) is 20.0 Å². The summed E-state index contributed by atoms with van der Waals surface area (Å²) in [6, 6.07) is 9.89. The Morgan fingerprint density at radius 3 is 2.50 bits per heavy atom. The second-order valence-electron chi connectivity index (χ2n) is 4.24. The molecule has 0 aliphatic heterocycles. The van der Waals surface area contributed by atoms with Crippen molar-refractivity contribution in [3.63, 3.8) is 0 Å². The maximum atomic E-state index is 9.89. The maximum absolute atomic E-state index is 9.89. The molecule has 0 saturated heterocycles. The number of aliphatic hydroxyl groups excluding tert-OH is 1. The van der Waals surface area contributed by atoms with Gasteiger partial charge in [0.15, 0.2) is 0 Å². The molecule has 1 aromatic heterocycles. The van der Waals surface area contributed by atoms with Gasteiger partial charge in [-0.25, -0.2) is 4.98 Å². The minimum absolute atomic E-state index is 0.184. The van der Waals surface area contributed by atoms with Crippen LogP contribution in [-0.2, 0) is 0 Å². The Hall–Kier alpha value is -1.61. The monoisotopic (exact) mass is 216 g/mol. The third kappa shape index (κ3) is 2.14. The molecule has 0 radical (unpaired) electrons. The van der Waals surface area contributed by atoms with Gasteiger partial charge < -0.3 is 10.1 Å². The average Bonchev–Trinajstić information content (AvgIpc) is 2.78. The summed E-state index contributed by atoms with van der Waals surface area (Å²) in [5.41, 5.74) is 1.80. The average molecular weight is 216 g/mol. The lowest BCUT2D eigenvalue weighted by Gasteiger charge is -2.11. The van der Waals surface area contributed by atoms with Crippen LogP contribution in [0.1, 0.15) is 25.6 Å². The molecule has 0 amide bonds. The lowest BCUT2D eigenvalue weighted by atomic mass is 10.1. The molecule has 2 N–H and O–H groups in total. The van der Waals surface area contributed by atoms with Crippen molar-refractivity contribution in [2.75, 3.05) is 0 Å². The zero-order valence-corrected chi connectivity index (χ0v) is 9.51. The molecule has 84 valence electrons. The molecule has 1 heterocycles. The maximum Gasteiger partial charge on any atom is 0.137 e. The molecule has 16 heavy (non-hydrogen) atoms. The van der Waals surface area contributed by atoms with Gasteiger partial charge in [0.05, 0.1) is 18.0 Å². The number of rotatable bonds is 3. The van der Waals surface area contributed by atoms with E-state index in [0.717, 1.165) is 17.1 Å². The van der Waals surface area contributed by atoms with Gasteiger partial charge >= 0.3 is 0 Å². The van der Waals surface area contributed by atoms with E-state index in [1.165, 1.54) is 0 Å². The lowest BCUT2D eigenvalue weighted by Crippen LogP contribution is -2.05. The van der Waals surface area contributed by atoms with Gasteiger partial charge in [-0.15, -0.1) is 0 Å². The van der Waals surface area contributed by atoms with Crippen LogP contribution in [0, 0.1) is 5.92 Å². The molecule has 0 fully saturated rings. The van der Waals surface area contributed by atoms with Gasteiger partial charge in [0.2, 0.25) is 0 Å². The van der Waals surface area contributed by atoms with E-state index in [1.54, 1.807) is 6.20 Å².